The maximum Gasteiger partial charge on any atom is 0.410 e. The number of carbonyl (C=O) groups is 1. The molecule has 166 valence electrons. The zero-order chi connectivity index (χ0) is 21.9. The van der Waals surface area contributed by atoms with Gasteiger partial charge in [-0.05, 0) is 45.2 Å². The number of hydrogen-bond acceptors (Lipinski definition) is 4. The summed E-state index contributed by atoms with van der Waals surface area (Å²) in [6, 6.07) is 4.16. The van der Waals surface area contributed by atoms with Crippen molar-refractivity contribution in [3.05, 3.63) is 29.8 Å². The molecule has 0 radical (unpaired) electrons. The molecule has 0 aromatic heterocycles. The van der Waals surface area contributed by atoms with Crippen LogP contribution in [0.3, 0.4) is 0 Å². The van der Waals surface area contributed by atoms with Gasteiger partial charge in [-0.15, -0.1) is 0 Å². The maximum absolute atomic E-state index is 13.5. The molecule has 1 aromatic carbocycles. The summed E-state index contributed by atoms with van der Waals surface area (Å²) in [5.74, 6) is -0.585. The molecular formula is C21H31F2N5O2. The molecular weight excluding hydrogens is 392 g/mol. The normalized spacial score (nSPS) is 20.2. The average Bonchev–Trinajstić information content (AvgIpc) is 3.10. The zero-order valence-corrected chi connectivity index (χ0v) is 18.0. The molecule has 2 aliphatic heterocycles. The fourth-order valence-corrected chi connectivity index (χ4v) is 3.59. The fraction of sp³-hybridized carbons (Fsp3) is 0.619. The first kappa shape index (κ1) is 22.1. The first-order valence-corrected chi connectivity index (χ1v) is 10.3. The van der Waals surface area contributed by atoms with Crippen LogP contribution in [0.5, 0.6) is 0 Å². The van der Waals surface area contributed by atoms with E-state index in [1.54, 1.807) is 18.0 Å². The largest absolute Gasteiger partial charge is 0.444 e. The van der Waals surface area contributed by atoms with Gasteiger partial charge in [-0.3, -0.25) is 4.99 Å². The van der Waals surface area contributed by atoms with Crippen LogP contribution < -0.4 is 15.5 Å². The van der Waals surface area contributed by atoms with Crippen molar-refractivity contribution < 1.29 is 18.3 Å². The second-order valence-corrected chi connectivity index (χ2v) is 8.88. The summed E-state index contributed by atoms with van der Waals surface area (Å²) in [6.07, 6.45) is 0.658. The van der Waals surface area contributed by atoms with Crippen molar-refractivity contribution in [2.75, 3.05) is 44.7 Å². The number of anilines is 1. The topological polar surface area (TPSA) is 69.2 Å². The molecule has 3 rings (SSSR count). The quantitative estimate of drug-likeness (QED) is 0.576. The SMILES string of the molecule is CN=C(NCC1CCN(c2ccc(F)c(F)c2)C1)NC1CN(C(=O)OC(C)(C)C)C1. The van der Waals surface area contributed by atoms with E-state index < -0.39 is 17.2 Å². The minimum atomic E-state index is -0.827. The summed E-state index contributed by atoms with van der Waals surface area (Å²) in [4.78, 5) is 20.0. The third kappa shape index (κ3) is 5.73. The Morgan fingerprint density at radius 3 is 2.60 bits per heavy atom. The van der Waals surface area contributed by atoms with E-state index in [1.165, 1.54) is 12.1 Å². The maximum atomic E-state index is 13.5. The van der Waals surface area contributed by atoms with Crippen LogP contribution in [-0.4, -0.2) is 68.4 Å². The summed E-state index contributed by atoms with van der Waals surface area (Å²) < 4.78 is 32.0. The molecule has 1 aromatic rings. The van der Waals surface area contributed by atoms with Crippen molar-refractivity contribution in [3.63, 3.8) is 0 Å². The highest BCUT2D eigenvalue weighted by Gasteiger charge is 2.34. The summed E-state index contributed by atoms with van der Waals surface area (Å²) in [7, 11) is 1.71. The highest BCUT2D eigenvalue weighted by molar-refractivity contribution is 5.80. The molecule has 0 bridgehead atoms. The lowest BCUT2D eigenvalue weighted by Crippen LogP contribution is -2.63. The molecule has 1 amide bonds. The monoisotopic (exact) mass is 423 g/mol. The number of carbonyl (C=O) groups excluding carboxylic acids is 1. The van der Waals surface area contributed by atoms with E-state index in [-0.39, 0.29) is 12.1 Å². The standard InChI is InChI=1S/C21H31F2N5O2/c1-21(2,3)30-20(29)28-12-15(13-28)26-19(24-4)25-10-14-7-8-27(11-14)16-5-6-17(22)18(23)9-16/h5-6,9,14-15H,7-8,10-13H2,1-4H3,(H2,24,25,26). The number of likely N-dealkylation sites (tertiary alicyclic amines) is 1. The zero-order valence-electron chi connectivity index (χ0n) is 18.0. The molecule has 30 heavy (non-hydrogen) atoms. The van der Waals surface area contributed by atoms with Gasteiger partial charge in [0.25, 0.3) is 0 Å². The summed E-state index contributed by atoms with van der Waals surface area (Å²) >= 11 is 0. The number of rotatable bonds is 4. The van der Waals surface area contributed by atoms with E-state index in [9.17, 15) is 13.6 Å². The van der Waals surface area contributed by atoms with Crippen LogP contribution in [-0.2, 0) is 4.74 Å². The number of guanidine groups is 1. The molecule has 1 unspecified atom stereocenters. The fourth-order valence-electron chi connectivity index (χ4n) is 3.59. The first-order valence-electron chi connectivity index (χ1n) is 10.3. The highest BCUT2D eigenvalue weighted by atomic mass is 19.2. The van der Waals surface area contributed by atoms with Gasteiger partial charge in [-0.2, -0.15) is 0 Å². The third-order valence-electron chi connectivity index (χ3n) is 5.21. The Hall–Kier alpha value is -2.58. The molecule has 2 aliphatic rings. The molecule has 7 nitrogen and oxygen atoms in total. The summed E-state index contributed by atoms with van der Waals surface area (Å²) in [5.41, 5.74) is 0.206. The number of amides is 1. The molecule has 2 heterocycles. The van der Waals surface area contributed by atoms with E-state index in [2.05, 4.69) is 20.5 Å². The molecule has 2 saturated heterocycles. The Labute approximate surface area is 176 Å². The number of nitrogens with zero attached hydrogens (tertiary/aromatic N) is 3. The van der Waals surface area contributed by atoms with Gasteiger partial charge in [-0.1, -0.05) is 0 Å². The van der Waals surface area contributed by atoms with Gasteiger partial charge < -0.3 is 25.2 Å². The molecule has 0 aliphatic carbocycles. The lowest BCUT2D eigenvalue weighted by molar-refractivity contribution is 0.00701. The predicted molar refractivity (Wildman–Crippen MR) is 113 cm³/mol. The van der Waals surface area contributed by atoms with E-state index in [1.807, 2.05) is 20.8 Å². The Balaban J connectivity index is 1.39. The Morgan fingerprint density at radius 1 is 1.23 bits per heavy atom. The second kappa shape index (κ2) is 9.06. The number of nitrogens with one attached hydrogen (secondary N) is 2. The molecule has 2 N–H and O–H groups in total. The van der Waals surface area contributed by atoms with Crippen LogP contribution in [0.2, 0.25) is 0 Å². The van der Waals surface area contributed by atoms with Gasteiger partial charge in [0.2, 0.25) is 0 Å². The van der Waals surface area contributed by atoms with Gasteiger partial charge in [0.1, 0.15) is 5.60 Å². The van der Waals surface area contributed by atoms with Crippen LogP contribution in [0.25, 0.3) is 0 Å². The van der Waals surface area contributed by atoms with E-state index in [0.29, 0.717) is 30.7 Å². The van der Waals surface area contributed by atoms with Crippen LogP contribution in [0.4, 0.5) is 19.3 Å². The van der Waals surface area contributed by atoms with Crippen molar-refractivity contribution in [1.82, 2.24) is 15.5 Å². The van der Waals surface area contributed by atoms with Gasteiger partial charge in [-0.25, -0.2) is 13.6 Å². The minimum absolute atomic E-state index is 0.131. The van der Waals surface area contributed by atoms with Crippen molar-refractivity contribution in [2.24, 2.45) is 10.9 Å². The Morgan fingerprint density at radius 2 is 1.97 bits per heavy atom. The van der Waals surface area contributed by atoms with Gasteiger partial charge in [0.05, 0.1) is 6.04 Å². The molecule has 9 heteroatoms. The van der Waals surface area contributed by atoms with Crippen molar-refractivity contribution in [1.29, 1.82) is 0 Å². The van der Waals surface area contributed by atoms with E-state index in [4.69, 9.17) is 4.74 Å². The van der Waals surface area contributed by atoms with Crippen molar-refractivity contribution in [3.8, 4) is 0 Å². The lowest BCUT2D eigenvalue weighted by atomic mass is 10.1. The summed E-state index contributed by atoms with van der Waals surface area (Å²) in [6.45, 7) is 8.99. The molecule has 0 saturated carbocycles. The predicted octanol–water partition coefficient (Wildman–Crippen LogP) is 2.58. The van der Waals surface area contributed by atoms with Crippen LogP contribution in [0.1, 0.15) is 27.2 Å². The molecule has 0 spiro atoms. The smallest absolute Gasteiger partial charge is 0.410 e. The number of halogens is 2. The third-order valence-corrected chi connectivity index (χ3v) is 5.21. The van der Waals surface area contributed by atoms with Gasteiger partial charge in [0, 0.05) is 51.5 Å². The van der Waals surface area contributed by atoms with Crippen molar-refractivity contribution >= 4 is 17.7 Å². The Kier molecular flexibility index (Phi) is 6.67. The van der Waals surface area contributed by atoms with Gasteiger partial charge in [0.15, 0.2) is 17.6 Å². The van der Waals surface area contributed by atoms with Crippen LogP contribution in [0.15, 0.2) is 23.2 Å². The number of aliphatic imine (C=N–C) groups is 1. The average molecular weight is 424 g/mol. The highest BCUT2D eigenvalue weighted by Crippen LogP contribution is 2.25. The van der Waals surface area contributed by atoms with Crippen LogP contribution >= 0.6 is 0 Å². The van der Waals surface area contributed by atoms with Gasteiger partial charge >= 0.3 is 6.09 Å². The minimum Gasteiger partial charge on any atom is -0.444 e. The first-order chi connectivity index (χ1) is 14.1. The Bertz CT molecular complexity index is 790. The molecule has 1 atom stereocenters. The molecule has 2 fully saturated rings. The van der Waals surface area contributed by atoms with E-state index in [0.717, 1.165) is 26.1 Å². The second-order valence-electron chi connectivity index (χ2n) is 8.88. The number of hydrogen-bond donors (Lipinski definition) is 2. The van der Waals surface area contributed by atoms with Crippen LogP contribution in [0, 0.1) is 17.6 Å². The lowest BCUT2D eigenvalue weighted by Gasteiger charge is -2.40. The van der Waals surface area contributed by atoms with E-state index >= 15 is 0 Å². The number of benzene rings is 1. The summed E-state index contributed by atoms with van der Waals surface area (Å²) in [5, 5.41) is 6.64. The van der Waals surface area contributed by atoms with Crippen molar-refractivity contribution in [2.45, 2.75) is 38.8 Å². The number of ether oxygens (including phenoxy) is 1.